The highest BCUT2D eigenvalue weighted by atomic mass is 32.2. The van der Waals surface area contributed by atoms with Gasteiger partial charge in [-0.05, 0) is 25.0 Å². The number of nitrogens with one attached hydrogen (secondary N) is 1. The molecule has 1 aromatic heterocycles. The molecule has 1 fully saturated rings. The number of nitrogens with zero attached hydrogens (tertiary/aromatic N) is 1. The Labute approximate surface area is 103 Å². The maximum atomic E-state index is 11.5. The smallest absolute Gasteiger partial charge is 0.151 e. The fourth-order valence-electron chi connectivity index (χ4n) is 1.75. The molecule has 0 radical (unpaired) electrons. The first-order valence-electron chi connectivity index (χ1n) is 6.18. The van der Waals surface area contributed by atoms with Gasteiger partial charge in [0.25, 0.3) is 0 Å². The fourth-order valence-corrected chi connectivity index (χ4v) is 2.51. The average Bonchev–Trinajstić information content (AvgIpc) is 3.03. The zero-order valence-corrected chi connectivity index (χ0v) is 11.0. The minimum Gasteiger partial charge on any atom is -0.349 e. The Kier molecular flexibility index (Phi) is 3.89. The largest absolute Gasteiger partial charge is 0.349 e. The molecular weight excluding hydrogens is 236 g/mol. The van der Waals surface area contributed by atoms with Gasteiger partial charge in [0.1, 0.15) is 0 Å². The van der Waals surface area contributed by atoms with Crippen molar-refractivity contribution in [3.05, 3.63) is 24.0 Å². The van der Waals surface area contributed by atoms with Gasteiger partial charge in [0.2, 0.25) is 0 Å². The highest BCUT2D eigenvalue weighted by Gasteiger charge is 2.20. The van der Waals surface area contributed by atoms with Crippen LogP contribution >= 0.6 is 0 Å². The standard InChI is InChI=1S/C12H20N2O2S/c1-2-17(15,16)9-8-14-7-3-4-12(14)10-13-11-5-6-11/h3-4,7,11,13H,2,5-6,8-10H2,1H3. The van der Waals surface area contributed by atoms with Crippen molar-refractivity contribution in [3.8, 4) is 0 Å². The summed E-state index contributed by atoms with van der Waals surface area (Å²) in [6, 6.07) is 4.70. The predicted molar refractivity (Wildman–Crippen MR) is 68.6 cm³/mol. The van der Waals surface area contributed by atoms with Gasteiger partial charge in [-0.25, -0.2) is 8.42 Å². The zero-order chi connectivity index (χ0) is 12.3. The first-order valence-corrected chi connectivity index (χ1v) is 8.00. The van der Waals surface area contributed by atoms with Gasteiger partial charge in [-0.15, -0.1) is 0 Å². The van der Waals surface area contributed by atoms with Crippen molar-refractivity contribution in [1.82, 2.24) is 9.88 Å². The van der Waals surface area contributed by atoms with Gasteiger partial charge in [-0.1, -0.05) is 6.92 Å². The van der Waals surface area contributed by atoms with E-state index >= 15 is 0 Å². The summed E-state index contributed by atoms with van der Waals surface area (Å²) in [6.45, 7) is 3.09. The monoisotopic (exact) mass is 256 g/mol. The van der Waals surface area contributed by atoms with Crippen LogP contribution in [0.1, 0.15) is 25.5 Å². The van der Waals surface area contributed by atoms with E-state index in [-0.39, 0.29) is 11.5 Å². The lowest BCUT2D eigenvalue weighted by atomic mass is 10.4. The fraction of sp³-hybridized carbons (Fsp3) is 0.667. The van der Waals surface area contributed by atoms with Crippen LogP contribution < -0.4 is 5.32 Å². The summed E-state index contributed by atoms with van der Waals surface area (Å²) in [5.41, 5.74) is 1.17. The van der Waals surface area contributed by atoms with Crippen molar-refractivity contribution in [2.75, 3.05) is 11.5 Å². The topological polar surface area (TPSA) is 51.1 Å². The first kappa shape index (κ1) is 12.6. The quantitative estimate of drug-likeness (QED) is 0.797. The van der Waals surface area contributed by atoms with Gasteiger partial charge in [0.15, 0.2) is 9.84 Å². The van der Waals surface area contributed by atoms with E-state index < -0.39 is 9.84 Å². The molecule has 0 spiro atoms. The van der Waals surface area contributed by atoms with E-state index in [0.29, 0.717) is 12.6 Å². The molecule has 1 saturated carbocycles. The number of aryl methyl sites for hydroxylation is 1. The molecule has 0 bridgehead atoms. The maximum absolute atomic E-state index is 11.5. The molecule has 1 N–H and O–H groups in total. The minimum absolute atomic E-state index is 0.226. The molecule has 0 atom stereocenters. The summed E-state index contributed by atoms with van der Waals surface area (Å²) < 4.78 is 24.9. The Bertz CT molecular complexity index is 461. The van der Waals surface area contributed by atoms with Crippen LogP contribution in [0.5, 0.6) is 0 Å². The highest BCUT2D eigenvalue weighted by Crippen LogP contribution is 2.19. The molecular formula is C12H20N2O2S. The third kappa shape index (κ3) is 3.85. The van der Waals surface area contributed by atoms with Gasteiger partial charge in [0, 0.05) is 36.8 Å². The van der Waals surface area contributed by atoms with Gasteiger partial charge < -0.3 is 9.88 Å². The second kappa shape index (κ2) is 5.23. The second-order valence-corrected chi connectivity index (χ2v) is 7.06. The number of sulfone groups is 1. The minimum atomic E-state index is -2.87. The maximum Gasteiger partial charge on any atom is 0.151 e. The first-order chi connectivity index (χ1) is 8.11. The molecule has 2 rings (SSSR count). The molecule has 0 aliphatic heterocycles. The van der Waals surface area contributed by atoms with Crippen LogP contribution in [0.3, 0.4) is 0 Å². The molecule has 5 heteroatoms. The SMILES string of the molecule is CCS(=O)(=O)CCn1cccc1CNC1CC1. The lowest BCUT2D eigenvalue weighted by molar-refractivity contribution is 0.583. The van der Waals surface area contributed by atoms with Crippen molar-refractivity contribution < 1.29 is 8.42 Å². The summed E-state index contributed by atoms with van der Waals surface area (Å²) in [7, 11) is -2.87. The summed E-state index contributed by atoms with van der Waals surface area (Å²) >= 11 is 0. The summed E-state index contributed by atoms with van der Waals surface area (Å²) in [5.74, 6) is 0.457. The Balaban J connectivity index is 1.89. The number of rotatable bonds is 7. The summed E-state index contributed by atoms with van der Waals surface area (Å²) in [6.07, 6.45) is 4.49. The molecule has 1 aromatic rings. The summed E-state index contributed by atoms with van der Waals surface area (Å²) in [4.78, 5) is 0. The van der Waals surface area contributed by atoms with Crippen molar-refractivity contribution in [3.63, 3.8) is 0 Å². The lowest BCUT2D eigenvalue weighted by Crippen LogP contribution is -2.20. The molecule has 0 amide bonds. The van der Waals surface area contributed by atoms with Gasteiger partial charge in [-0.2, -0.15) is 0 Å². The third-order valence-electron chi connectivity index (χ3n) is 3.16. The van der Waals surface area contributed by atoms with E-state index in [2.05, 4.69) is 5.32 Å². The zero-order valence-electron chi connectivity index (χ0n) is 10.2. The molecule has 4 nitrogen and oxygen atoms in total. The molecule has 1 heterocycles. The van der Waals surface area contributed by atoms with E-state index in [1.165, 1.54) is 18.5 Å². The number of hydrogen-bond donors (Lipinski definition) is 1. The van der Waals surface area contributed by atoms with Gasteiger partial charge in [0.05, 0.1) is 5.75 Å². The molecule has 0 aromatic carbocycles. The van der Waals surface area contributed by atoms with Gasteiger partial charge in [-0.3, -0.25) is 0 Å². The predicted octanol–water partition coefficient (Wildman–Crippen LogP) is 1.17. The second-order valence-electron chi connectivity index (χ2n) is 4.58. The van der Waals surface area contributed by atoms with E-state index in [1.807, 2.05) is 22.9 Å². The van der Waals surface area contributed by atoms with Crippen molar-refractivity contribution in [2.45, 2.75) is 38.9 Å². The molecule has 0 unspecified atom stereocenters. The van der Waals surface area contributed by atoms with Gasteiger partial charge >= 0.3 is 0 Å². The molecule has 0 saturated heterocycles. The Morgan fingerprint density at radius 3 is 2.88 bits per heavy atom. The lowest BCUT2D eigenvalue weighted by Gasteiger charge is -2.09. The van der Waals surface area contributed by atoms with Crippen LogP contribution in [0.4, 0.5) is 0 Å². The van der Waals surface area contributed by atoms with E-state index in [9.17, 15) is 8.42 Å². The highest BCUT2D eigenvalue weighted by molar-refractivity contribution is 7.91. The van der Waals surface area contributed by atoms with Crippen LogP contribution in [-0.2, 0) is 22.9 Å². The van der Waals surface area contributed by atoms with Crippen molar-refractivity contribution in [1.29, 1.82) is 0 Å². The number of aromatic nitrogens is 1. The molecule has 1 aliphatic rings. The van der Waals surface area contributed by atoms with Crippen molar-refractivity contribution in [2.24, 2.45) is 0 Å². The normalized spacial score (nSPS) is 16.3. The molecule has 1 aliphatic carbocycles. The van der Waals surface area contributed by atoms with E-state index in [4.69, 9.17) is 0 Å². The molecule has 17 heavy (non-hydrogen) atoms. The van der Waals surface area contributed by atoms with Crippen LogP contribution in [-0.4, -0.2) is 30.5 Å². The van der Waals surface area contributed by atoms with E-state index in [0.717, 1.165) is 6.54 Å². The van der Waals surface area contributed by atoms with Crippen LogP contribution in [0.2, 0.25) is 0 Å². The Hall–Kier alpha value is -0.810. The Morgan fingerprint density at radius 2 is 2.24 bits per heavy atom. The van der Waals surface area contributed by atoms with Crippen LogP contribution in [0.15, 0.2) is 18.3 Å². The number of hydrogen-bond acceptors (Lipinski definition) is 3. The van der Waals surface area contributed by atoms with E-state index in [1.54, 1.807) is 6.92 Å². The van der Waals surface area contributed by atoms with Crippen molar-refractivity contribution >= 4 is 9.84 Å². The third-order valence-corrected chi connectivity index (χ3v) is 4.84. The summed E-state index contributed by atoms with van der Waals surface area (Å²) in [5, 5.41) is 3.44. The van der Waals surface area contributed by atoms with Crippen LogP contribution in [0.25, 0.3) is 0 Å². The molecule has 96 valence electrons. The average molecular weight is 256 g/mol. The van der Waals surface area contributed by atoms with Crippen LogP contribution in [0, 0.1) is 0 Å². The Morgan fingerprint density at radius 1 is 1.47 bits per heavy atom.